The first-order chi connectivity index (χ1) is 9.51. The normalized spacial score (nSPS) is 11.3. The van der Waals surface area contributed by atoms with Crippen LogP contribution >= 0.6 is 0 Å². The van der Waals surface area contributed by atoms with Gasteiger partial charge in [-0.2, -0.15) is 0 Å². The van der Waals surface area contributed by atoms with E-state index in [9.17, 15) is 9.18 Å². The lowest BCUT2D eigenvalue weighted by Crippen LogP contribution is -2.28. The summed E-state index contributed by atoms with van der Waals surface area (Å²) < 4.78 is 13.7. The molecule has 0 spiro atoms. The molecule has 1 aromatic rings. The third-order valence-electron chi connectivity index (χ3n) is 3.79. The Balaban J connectivity index is 2.75. The Morgan fingerprint density at radius 2 is 1.95 bits per heavy atom. The molecule has 20 heavy (non-hydrogen) atoms. The zero-order valence-corrected chi connectivity index (χ0v) is 12.5. The summed E-state index contributed by atoms with van der Waals surface area (Å²) in [5.74, 6) is -1.23. The van der Waals surface area contributed by atoms with E-state index in [1.807, 2.05) is 0 Å². The van der Waals surface area contributed by atoms with Gasteiger partial charge in [0.1, 0.15) is 5.82 Å². The highest BCUT2D eigenvalue weighted by Crippen LogP contribution is 2.15. The van der Waals surface area contributed by atoms with E-state index >= 15 is 0 Å². The van der Waals surface area contributed by atoms with Crippen LogP contribution < -0.4 is 0 Å². The summed E-state index contributed by atoms with van der Waals surface area (Å²) in [7, 11) is 0. The summed E-state index contributed by atoms with van der Waals surface area (Å²) in [6, 6.07) is 4.37. The number of hydrogen-bond acceptors (Lipinski definition) is 2. The molecule has 0 aromatic heterocycles. The zero-order valence-electron chi connectivity index (χ0n) is 12.5. The number of benzene rings is 1. The molecular weight excluding hydrogens is 257 g/mol. The van der Waals surface area contributed by atoms with Gasteiger partial charge >= 0.3 is 5.97 Å². The summed E-state index contributed by atoms with van der Waals surface area (Å²) in [5, 5.41) is 8.82. The minimum atomic E-state index is -1.22. The van der Waals surface area contributed by atoms with Crippen molar-refractivity contribution in [3.63, 3.8) is 0 Å². The highest BCUT2D eigenvalue weighted by molar-refractivity contribution is 5.87. The van der Waals surface area contributed by atoms with Gasteiger partial charge in [-0.1, -0.05) is 39.7 Å². The van der Waals surface area contributed by atoms with E-state index in [1.54, 1.807) is 6.07 Å². The Kier molecular flexibility index (Phi) is 6.65. The molecule has 0 radical (unpaired) electrons. The van der Waals surface area contributed by atoms with Crippen LogP contribution in [0.1, 0.15) is 49.5 Å². The number of rotatable bonds is 8. The van der Waals surface area contributed by atoms with Crippen molar-refractivity contribution in [1.82, 2.24) is 4.90 Å². The van der Waals surface area contributed by atoms with Crippen molar-refractivity contribution in [2.45, 2.75) is 40.2 Å². The van der Waals surface area contributed by atoms with E-state index in [-0.39, 0.29) is 5.56 Å². The van der Waals surface area contributed by atoms with Crippen LogP contribution in [0.25, 0.3) is 0 Å². The summed E-state index contributed by atoms with van der Waals surface area (Å²) in [5.41, 5.74) is 0.553. The fourth-order valence-electron chi connectivity index (χ4n) is 2.31. The van der Waals surface area contributed by atoms with E-state index in [1.165, 1.54) is 12.1 Å². The van der Waals surface area contributed by atoms with E-state index in [2.05, 4.69) is 25.7 Å². The molecule has 1 N–H and O–H groups in total. The van der Waals surface area contributed by atoms with Gasteiger partial charge in [-0.05, 0) is 30.2 Å². The van der Waals surface area contributed by atoms with Crippen LogP contribution in [0.15, 0.2) is 18.2 Å². The fourth-order valence-corrected chi connectivity index (χ4v) is 2.31. The van der Waals surface area contributed by atoms with Crippen molar-refractivity contribution < 1.29 is 14.3 Å². The maximum atomic E-state index is 13.7. The third-order valence-corrected chi connectivity index (χ3v) is 3.79. The number of aromatic carboxylic acids is 1. The molecule has 0 aliphatic rings. The molecule has 0 bridgehead atoms. The van der Waals surface area contributed by atoms with Crippen molar-refractivity contribution in [3.05, 3.63) is 35.1 Å². The molecule has 0 unspecified atom stereocenters. The van der Waals surface area contributed by atoms with Crippen molar-refractivity contribution in [3.8, 4) is 0 Å². The topological polar surface area (TPSA) is 40.5 Å². The first-order valence-electron chi connectivity index (χ1n) is 7.25. The maximum Gasteiger partial charge on any atom is 0.338 e. The molecular formula is C16H24FNO2. The Bertz CT molecular complexity index is 444. The van der Waals surface area contributed by atoms with Gasteiger partial charge in [-0.25, -0.2) is 9.18 Å². The molecule has 1 aromatic carbocycles. The molecule has 0 amide bonds. The second-order valence-corrected chi connectivity index (χ2v) is 5.13. The smallest absolute Gasteiger partial charge is 0.338 e. The van der Waals surface area contributed by atoms with Crippen LogP contribution in [0.5, 0.6) is 0 Å². The number of hydrogen-bond donors (Lipinski definition) is 1. The van der Waals surface area contributed by atoms with Crippen LogP contribution in [0.3, 0.4) is 0 Å². The minimum absolute atomic E-state index is 0.267. The SMILES string of the molecule is CCC(CC)CN(CC)Cc1ccc(C(=O)O)c(F)c1. The Morgan fingerprint density at radius 3 is 2.40 bits per heavy atom. The Morgan fingerprint density at radius 1 is 1.30 bits per heavy atom. The van der Waals surface area contributed by atoms with Gasteiger partial charge in [0.25, 0.3) is 0 Å². The van der Waals surface area contributed by atoms with Crippen LogP contribution in [-0.2, 0) is 6.54 Å². The van der Waals surface area contributed by atoms with Crippen LogP contribution in [0.2, 0.25) is 0 Å². The maximum absolute atomic E-state index is 13.7. The van der Waals surface area contributed by atoms with Crippen LogP contribution in [0, 0.1) is 11.7 Å². The molecule has 1 rings (SSSR count). The lowest BCUT2D eigenvalue weighted by Gasteiger charge is -2.25. The van der Waals surface area contributed by atoms with Crippen molar-refractivity contribution in [2.24, 2.45) is 5.92 Å². The predicted octanol–water partition coefficient (Wildman–Crippen LogP) is 3.78. The molecule has 0 aliphatic carbocycles. The number of carbonyl (C=O) groups is 1. The highest BCUT2D eigenvalue weighted by atomic mass is 19.1. The second-order valence-electron chi connectivity index (χ2n) is 5.13. The molecule has 0 heterocycles. The minimum Gasteiger partial charge on any atom is -0.478 e. The van der Waals surface area contributed by atoms with Crippen molar-refractivity contribution in [2.75, 3.05) is 13.1 Å². The monoisotopic (exact) mass is 281 g/mol. The highest BCUT2D eigenvalue weighted by Gasteiger charge is 2.13. The van der Waals surface area contributed by atoms with Crippen molar-refractivity contribution >= 4 is 5.97 Å². The average Bonchev–Trinajstić information content (AvgIpc) is 2.43. The molecule has 112 valence electrons. The lowest BCUT2D eigenvalue weighted by molar-refractivity contribution is 0.0692. The summed E-state index contributed by atoms with van der Waals surface area (Å²) in [6.07, 6.45) is 2.28. The number of halogens is 1. The molecule has 0 atom stereocenters. The third kappa shape index (κ3) is 4.60. The lowest BCUT2D eigenvalue weighted by atomic mass is 10.0. The fraction of sp³-hybridized carbons (Fsp3) is 0.562. The van der Waals surface area contributed by atoms with Gasteiger partial charge < -0.3 is 5.11 Å². The first-order valence-corrected chi connectivity index (χ1v) is 7.25. The Labute approximate surface area is 120 Å². The van der Waals surface area contributed by atoms with Gasteiger partial charge in [0, 0.05) is 13.1 Å². The molecule has 3 nitrogen and oxygen atoms in total. The van der Waals surface area contributed by atoms with Crippen LogP contribution in [0.4, 0.5) is 4.39 Å². The zero-order chi connectivity index (χ0) is 15.1. The molecule has 0 saturated carbocycles. The van der Waals surface area contributed by atoms with Gasteiger partial charge in [0.15, 0.2) is 0 Å². The second kappa shape index (κ2) is 8.00. The van der Waals surface area contributed by atoms with Crippen LogP contribution in [-0.4, -0.2) is 29.1 Å². The molecule has 0 saturated heterocycles. The quantitative estimate of drug-likeness (QED) is 0.788. The van der Waals surface area contributed by atoms with E-state index in [0.717, 1.165) is 31.5 Å². The molecule has 0 fully saturated rings. The van der Waals surface area contributed by atoms with E-state index in [4.69, 9.17) is 5.11 Å². The Hall–Kier alpha value is -1.42. The van der Waals surface area contributed by atoms with Gasteiger partial charge in [0.05, 0.1) is 5.56 Å². The summed E-state index contributed by atoms with van der Waals surface area (Å²) >= 11 is 0. The van der Waals surface area contributed by atoms with Gasteiger partial charge in [-0.15, -0.1) is 0 Å². The molecule has 4 heteroatoms. The number of carboxylic acid groups (broad SMARTS) is 1. The number of nitrogens with zero attached hydrogens (tertiary/aromatic N) is 1. The standard InChI is InChI=1S/C16H24FNO2/c1-4-12(5-2)10-18(6-3)11-13-7-8-14(16(19)20)15(17)9-13/h7-9,12H,4-6,10-11H2,1-3H3,(H,19,20). The number of carboxylic acids is 1. The molecule has 0 aliphatic heterocycles. The largest absolute Gasteiger partial charge is 0.478 e. The summed E-state index contributed by atoms with van der Waals surface area (Å²) in [4.78, 5) is 13.1. The van der Waals surface area contributed by atoms with E-state index < -0.39 is 11.8 Å². The van der Waals surface area contributed by atoms with Gasteiger partial charge in [0.2, 0.25) is 0 Å². The summed E-state index contributed by atoms with van der Waals surface area (Å²) in [6.45, 7) is 9.01. The predicted molar refractivity (Wildman–Crippen MR) is 78.4 cm³/mol. The van der Waals surface area contributed by atoms with E-state index in [0.29, 0.717) is 12.5 Å². The first kappa shape index (κ1) is 16.6. The van der Waals surface area contributed by atoms with Crippen molar-refractivity contribution in [1.29, 1.82) is 0 Å². The average molecular weight is 281 g/mol. The van der Waals surface area contributed by atoms with Gasteiger partial charge in [-0.3, -0.25) is 4.90 Å².